The fourth-order valence-corrected chi connectivity index (χ4v) is 0.786. The standard InChI is InChI=1S/C10H13N3/c1-9-6-7-11-10(12-9)5-4-8-13(2)3/h6-7H,8H2,1-3H3. The highest BCUT2D eigenvalue weighted by Crippen LogP contribution is 1.90. The predicted molar refractivity (Wildman–Crippen MR) is 52.2 cm³/mol. The molecule has 0 aromatic carbocycles. The van der Waals surface area contributed by atoms with Crippen LogP contribution in [0.2, 0.25) is 0 Å². The first-order chi connectivity index (χ1) is 6.18. The van der Waals surface area contributed by atoms with Gasteiger partial charge in [0.25, 0.3) is 0 Å². The summed E-state index contributed by atoms with van der Waals surface area (Å²) in [5.41, 5.74) is 0.948. The van der Waals surface area contributed by atoms with E-state index >= 15 is 0 Å². The number of nitrogens with zero attached hydrogens (tertiary/aromatic N) is 3. The van der Waals surface area contributed by atoms with Crippen LogP contribution in [0.3, 0.4) is 0 Å². The van der Waals surface area contributed by atoms with Crippen LogP contribution in [0.15, 0.2) is 12.3 Å². The minimum Gasteiger partial charge on any atom is -0.299 e. The molecular weight excluding hydrogens is 162 g/mol. The molecule has 0 bridgehead atoms. The van der Waals surface area contributed by atoms with Crippen molar-refractivity contribution in [1.29, 1.82) is 0 Å². The van der Waals surface area contributed by atoms with Gasteiger partial charge in [0.05, 0.1) is 6.54 Å². The average Bonchev–Trinajstić information content (AvgIpc) is 2.03. The van der Waals surface area contributed by atoms with Crippen molar-refractivity contribution < 1.29 is 0 Å². The van der Waals surface area contributed by atoms with Crippen LogP contribution in [0.25, 0.3) is 0 Å². The van der Waals surface area contributed by atoms with Crippen LogP contribution in [0.1, 0.15) is 11.5 Å². The van der Waals surface area contributed by atoms with Crippen molar-refractivity contribution in [3.05, 3.63) is 23.8 Å². The first-order valence-corrected chi connectivity index (χ1v) is 4.12. The Labute approximate surface area is 78.8 Å². The molecule has 68 valence electrons. The van der Waals surface area contributed by atoms with Gasteiger partial charge in [-0.25, -0.2) is 9.97 Å². The molecule has 1 rings (SSSR count). The molecule has 0 aliphatic carbocycles. The number of aryl methyl sites for hydroxylation is 1. The van der Waals surface area contributed by atoms with E-state index < -0.39 is 0 Å². The summed E-state index contributed by atoms with van der Waals surface area (Å²) in [6, 6.07) is 1.86. The molecule has 3 nitrogen and oxygen atoms in total. The van der Waals surface area contributed by atoms with E-state index in [1.54, 1.807) is 6.20 Å². The second-order valence-corrected chi connectivity index (χ2v) is 3.06. The van der Waals surface area contributed by atoms with Gasteiger partial charge in [-0.1, -0.05) is 5.92 Å². The third-order valence-electron chi connectivity index (χ3n) is 1.39. The van der Waals surface area contributed by atoms with E-state index in [1.807, 2.05) is 32.0 Å². The Kier molecular flexibility index (Phi) is 3.41. The number of aromatic nitrogens is 2. The molecule has 13 heavy (non-hydrogen) atoms. The van der Waals surface area contributed by atoms with Crippen molar-refractivity contribution in [3.8, 4) is 11.8 Å². The van der Waals surface area contributed by atoms with E-state index in [2.05, 4.69) is 21.8 Å². The second kappa shape index (κ2) is 4.58. The lowest BCUT2D eigenvalue weighted by atomic mass is 10.4. The molecule has 0 aliphatic heterocycles. The van der Waals surface area contributed by atoms with Gasteiger partial charge in [0, 0.05) is 11.9 Å². The zero-order valence-electron chi connectivity index (χ0n) is 8.20. The molecule has 3 heteroatoms. The average molecular weight is 175 g/mol. The Hall–Kier alpha value is -1.40. The van der Waals surface area contributed by atoms with Crippen LogP contribution in [-0.2, 0) is 0 Å². The van der Waals surface area contributed by atoms with Gasteiger partial charge in [0.15, 0.2) is 0 Å². The first-order valence-electron chi connectivity index (χ1n) is 4.12. The monoisotopic (exact) mass is 175 g/mol. The van der Waals surface area contributed by atoms with Gasteiger partial charge < -0.3 is 0 Å². The normalized spacial score (nSPS) is 9.54. The Morgan fingerprint density at radius 2 is 2.23 bits per heavy atom. The van der Waals surface area contributed by atoms with Gasteiger partial charge in [0.2, 0.25) is 5.82 Å². The van der Waals surface area contributed by atoms with Gasteiger partial charge in [-0.3, -0.25) is 4.90 Å². The Balaban J connectivity index is 2.66. The van der Waals surface area contributed by atoms with E-state index in [-0.39, 0.29) is 0 Å². The molecule has 1 heterocycles. The lowest BCUT2D eigenvalue weighted by Gasteiger charge is -2.00. The summed E-state index contributed by atoms with van der Waals surface area (Å²) in [6.45, 7) is 2.66. The number of hydrogen-bond acceptors (Lipinski definition) is 3. The highest BCUT2D eigenvalue weighted by atomic mass is 15.0. The van der Waals surface area contributed by atoms with E-state index in [9.17, 15) is 0 Å². The molecule has 0 radical (unpaired) electrons. The molecule has 0 atom stereocenters. The van der Waals surface area contributed by atoms with Crippen molar-refractivity contribution in [2.75, 3.05) is 20.6 Å². The van der Waals surface area contributed by atoms with Crippen molar-refractivity contribution in [1.82, 2.24) is 14.9 Å². The molecular formula is C10H13N3. The molecule has 0 amide bonds. The molecule has 0 saturated carbocycles. The SMILES string of the molecule is Cc1ccnc(C#CCN(C)C)n1. The largest absolute Gasteiger partial charge is 0.299 e. The number of rotatable bonds is 1. The van der Waals surface area contributed by atoms with Crippen molar-refractivity contribution in [2.24, 2.45) is 0 Å². The van der Waals surface area contributed by atoms with Crippen LogP contribution in [-0.4, -0.2) is 35.5 Å². The summed E-state index contributed by atoms with van der Waals surface area (Å²) in [5.74, 6) is 6.48. The zero-order valence-corrected chi connectivity index (χ0v) is 8.20. The molecule has 0 aliphatic rings. The maximum Gasteiger partial charge on any atom is 0.205 e. The van der Waals surface area contributed by atoms with E-state index in [1.165, 1.54) is 0 Å². The minimum atomic E-state index is 0.599. The summed E-state index contributed by atoms with van der Waals surface area (Å²) in [6.07, 6.45) is 1.72. The molecule has 0 N–H and O–H groups in total. The third-order valence-corrected chi connectivity index (χ3v) is 1.39. The topological polar surface area (TPSA) is 29.0 Å². The first kappa shape index (κ1) is 9.69. The van der Waals surface area contributed by atoms with E-state index in [0.717, 1.165) is 12.2 Å². The maximum atomic E-state index is 4.17. The fourth-order valence-electron chi connectivity index (χ4n) is 0.786. The third kappa shape index (κ3) is 3.68. The van der Waals surface area contributed by atoms with Crippen molar-refractivity contribution in [2.45, 2.75) is 6.92 Å². The molecule has 1 aromatic heterocycles. The Morgan fingerprint density at radius 3 is 2.85 bits per heavy atom. The van der Waals surface area contributed by atoms with E-state index in [0.29, 0.717) is 5.82 Å². The van der Waals surface area contributed by atoms with Crippen LogP contribution >= 0.6 is 0 Å². The predicted octanol–water partition coefficient (Wildman–Crippen LogP) is 0.698. The van der Waals surface area contributed by atoms with Crippen molar-refractivity contribution >= 4 is 0 Å². The highest BCUT2D eigenvalue weighted by Gasteiger charge is 1.89. The zero-order chi connectivity index (χ0) is 9.68. The summed E-state index contributed by atoms with van der Waals surface area (Å²) in [4.78, 5) is 10.2. The smallest absolute Gasteiger partial charge is 0.205 e. The lowest BCUT2D eigenvalue weighted by molar-refractivity contribution is 0.464. The highest BCUT2D eigenvalue weighted by molar-refractivity contribution is 5.21. The van der Waals surface area contributed by atoms with Crippen LogP contribution < -0.4 is 0 Å². The second-order valence-electron chi connectivity index (χ2n) is 3.06. The van der Waals surface area contributed by atoms with Gasteiger partial charge in [0.1, 0.15) is 0 Å². The fraction of sp³-hybridized carbons (Fsp3) is 0.400. The molecule has 0 saturated heterocycles. The van der Waals surface area contributed by atoms with Crippen LogP contribution in [0, 0.1) is 18.8 Å². The molecule has 0 spiro atoms. The quantitative estimate of drug-likeness (QED) is 0.588. The molecule has 0 fully saturated rings. The summed E-state index contributed by atoms with van der Waals surface area (Å²) < 4.78 is 0. The van der Waals surface area contributed by atoms with Gasteiger partial charge in [-0.05, 0) is 33.0 Å². The Bertz CT molecular complexity index is 334. The maximum absolute atomic E-state index is 4.17. The van der Waals surface area contributed by atoms with Crippen molar-refractivity contribution in [3.63, 3.8) is 0 Å². The van der Waals surface area contributed by atoms with E-state index in [4.69, 9.17) is 0 Å². The lowest BCUT2D eigenvalue weighted by Crippen LogP contribution is -2.10. The number of hydrogen-bond donors (Lipinski definition) is 0. The summed E-state index contributed by atoms with van der Waals surface area (Å²) in [5, 5.41) is 0. The van der Waals surface area contributed by atoms with Crippen LogP contribution in [0.5, 0.6) is 0 Å². The Morgan fingerprint density at radius 1 is 1.46 bits per heavy atom. The molecule has 0 unspecified atom stereocenters. The van der Waals surface area contributed by atoms with Gasteiger partial charge >= 0.3 is 0 Å². The molecule has 1 aromatic rings. The summed E-state index contributed by atoms with van der Waals surface area (Å²) >= 11 is 0. The van der Waals surface area contributed by atoms with Crippen LogP contribution in [0.4, 0.5) is 0 Å². The minimum absolute atomic E-state index is 0.599. The summed E-state index contributed by atoms with van der Waals surface area (Å²) in [7, 11) is 3.96. The van der Waals surface area contributed by atoms with Gasteiger partial charge in [-0.15, -0.1) is 0 Å². The van der Waals surface area contributed by atoms with Gasteiger partial charge in [-0.2, -0.15) is 0 Å².